The Bertz CT molecular complexity index is 1030. The highest BCUT2D eigenvalue weighted by Crippen LogP contribution is 2.27. The number of aromatic nitrogens is 4. The van der Waals surface area contributed by atoms with E-state index in [0.717, 1.165) is 11.3 Å². The maximum absolute atomic E-state index is 12.4. The zero-order chi connectivity index (χ0) is 20.4. The molecular formula is C16H18ClN7O3S. The summed E-state index contributed by atoms with van der Waals surface area (Å²) in [6, 6.07) is 1.07. The number of halogens is 1. The Morgan fingerprint density at radius 1 is 1.29 bits per heavy atom. The van der Waals surface area contributed by atoms with E-state index in [1.54, 1.807) is 27.3 Å². The highest BCUT2D eigenvalue weighted by Gasteiger charge is 2.20. The van der Waals surface area contributed by atoms with E-state index in [2.05, 4.69) is 25.7 Å². The van der Waals surface area contributed by atoms with Gasteiger partial charge in [0, 0.05) is 27.3 Å². The van der Waals surface area contributed by atoms with Crippen LogP contribution in [-0.2, 0) is 4.74 Å². The van der Waals surface area contributed by atoms with Crippen molar-refractivity contribution in [2.75, 3.05) is 31.8 Å². The van der Waals surface area contributed by atoms with Crippen LogP contribution in [0.1, 0.15) is 28.4 Å². The Kier molecular flexibility index (Phi) is 5.77. The molecule has 3 aromatic rings. The van der Waals surface area contributed by atoms with Gasteiger partial charge in [0.05, 0.1) is 29.9 Å². The lowest BCUT2D eigenvalue weighted by atomic mass is 10.2. The smallest absolute Gasteiger partial charge is 0.325 e. The molecule has 28 heavy (non-hydrogen) atoms. The van der Waals surface area contributed by atoms with Crippen molar-refractivity contribution in [3.63, 3.8) is 0 Å². The van der Waals surface area contributed by atoms with E-state index in [0.29, 0.717) is 27.0 Å². The molecule has 0 spiro atoms. The summed E-state index contributed by atoms with van der Waals surface area (Å²) in [6.07, 6.45) is 2.53. The Morgan fingerprint density at radius 2 is 2.04 bits per heavy atom. The van der Waals surface area contributed by atoms with Gasteiger partial charge in [-0.1, -0.05) is 22.9 Å². The molecule has 0 radical (unpaired) electrons. The normalized spacial score (nSPS) is 12.0. The molecule has 12 heteroatoms. The summed E-state index contributed by atoms with van der Waals surface area (Å²) in [7, 11) is 4.83. The molecule has 0 unspecified atom stereocenters. The Hall–Kier alpha value is -2.76. The van der Waals surface area contributed by atoms with Crippen molar-refractivity contribution in [1.82, 2.24) is 24.5 Å². The van der Waals surface area contributed by atoms with Crippen molar-refractivity contribution < 1.29 is 14.3 Å². The van der Waals surface area contributed by atoms with Gasteiger partial charge in [0.25, 0.3) is 5.91 Å². The molecule has 0 aromatic carbocycles. The topological polar surface area (TPSA) is 114 Å². The van der Waals surface area contributed by atoms with Crippen molar-refractivity contribution in [1.29, 1.82) is 0 Å². The first-order valence-electron chi connectivity index (χ1n) is 8.12. The average Bonchev–Trinajstić information content (AvgIpc) is 3.25. The first-order valence-corrected chi connectivity index (χ1v) is 9.32. The first-order chi connectivity index (χ1) is 13.3. The van der Waals surface area contributed by atoms with E-state index in [9.17, 15) is 9.59 Å². The summed E-state index contributed by atoms with van der Waals surface area (Å²) < 4.78 is 6.91. The molecule has 3 heterocycles. The molecule has 0 aliphatic rings. The van der Waals surface area contributed by atoms with Crippen LogP contribution in [0.15, 0.2) is 18.5 Å². The molecule has 3 amide bonds. The number of hydrogen-bond donors (Lipinski definition) is 2. The lowest BCUT2D eigenvalue weighted by Gasteiger charge is -2.16. The zero-order valence-electron chi connectivity index (χ0n) is 15.6. The maximum Gasteiger partial charge on any atom is 0.325 e. The number of fused-ring (bicyclic) bond motifs is 1. The number of hydrogen-bond acceptors (Lipinski definition) is 7. The third kappa shape index (κ3) is 4.06. The van der Waals surface area contributed by atoms with E-state index < -0.39 is 6.03 Å². The Labute approximate surface area is 169 Å². The predicted octanol–water partition coefficient (Wildman–Crippen LogP) is 2.89. The first kappa shape index (κ1) is 20.0. The highest BCUT2D eigenvalue weighted by atomic mass is 35.5. The van der Waals surface area contributed by atoms with Crippen LogP contribution in [0.3, 0.4) is 0 Å². The number of ether oxygens (including phenoxy) is 1. The van der Waals surface area contributed by atoms with E-state index in [4.69, 9.17) is 16.3 Å². The molecule has 2 N–H and O–H groups in total. The number of anilines is 2. The SMILES string of the molecule is CO[C@@H](C)c1c(NC(=O)Nc2ncc(C(=O)N(C)C)s2)cnc2cc(Cl)nn12. The fourth-order valence-corrected chi connectivity index (χ4v) is 3.43. The molecule has 1 atom stereocenters. The number of urea groups is 1. The van der Waals surface area contributed by atoms with E-state index in [1.165, 1.54) is 21.8 Å². The molecule has 0 bridgehead atoms. The van der Waals surface area contributed by atoms with Crippen molar-refractivity contribution in [3.05, 3.63) is 34.2 Å². The van der Waals surface area contributed by atoms with Crippen LogP contribution in [0.4, 0.5) is 15.6 Å². The van der Waals surface area contributed by atoms with Crippen molar-refractivity contribution in [2.45, 2.75) is 13.0 Å². The fraction of sp³-hybridized carbons (Fsp3) is 0.312. The number of nitrogens with zero attached hydrogens (tertiary/aromatic N) is 5. The van der Waals surface area contributed by atoms with Crippen molar-refractivity contribution in [3.8, 4) is 0 Å². The van der Waals surface area contributed by atoms with Gasteiger partial charge < -0.3 is 15.0 Å². The summed E-state index contributed by atoms with van der Waals surface area (Å²) in [4.78, 5) is 34.5. The van der Waals surface area contributed by atoms with E-state index in [1.807, 2.05) is 6.92 Å². The number of carbonyl (C=O) groups excluding carboxylic acids is 2. The third-order valence-corrected chi connectivity index (χ3v) is 4.91. The molecular weight excluding hydrogens is 406 g/mol. The zero-order valence-corrected chi connectivity index (χ0v) is 17.1. The van der Waals surface area contributed by atoms with Gasteiger partial charge in [-0.05, 0) is 6.92 Å². The second-order valence-corrected chi connectivity index (χ2v) is 7.40. The van der Waals surface area contributed by atoms with Gasteiger partial charge in [0.15, 0.2) is 15.9 Å². The van der Waals surface area contributed by atoms with Gasteiger partial charge in [0.1, 0.15) is 4.88 Å². The van der Waals surface area contributed by atoms with E-state index >= 15 is 0 Å². The average molecular weight is 424 g/mol. The number of carbonyl (C=O) groups is 2. The van der Waals surface area contributed by atoms with Crippen LogP contribution >= 0.6 is 22.9 Å². The van der Waals surface area contributed by atoms with Crippen LogP contribution in [-0.4, -0.2) is 57.6 Å². The third-order valence-electron chi connectivity index (χ3n) is 3.82. The van der Waals surface area contributed by atoms with Crippen LogP contribution in [0.2, 0.25) is 5.15 Å². The highest BCUT2D eigenvalue weighted by molar-refractivity contribution is 7.17. The number of thiazole rings is 1. The van der Waals surface area contributed by atoms with Gasteiger partial charge in [0.2, 0.25) is 0 Å². The summed E-state index contributed by atoms with van der Waals surface area (Å²) in [5, 5.41) is 10.1. The predicted molar refractivity (Wildman–Crippen MR) is 106 cm³/mol. The molecule has 0 aliphatic carbocycles. The fourth-order valence-electron chi connectivity index (χ4n) is 2.42. The summed E-state index contributed by atoms with van der Waals surface area (Å²) in [5.41, 5.74) is 1.51. The summed E-state index contributed by atoms with van der Waals surface area (Å²) in [5.74, 6) is -0.188. The quantitative estimate of drug-likeness (QED) is 0.652. The minimum Gasteiger partial charge on any atom is -0.375 e. The molecule has 3 aromatic heterocycles. The van der Waals surface area contributed by atoms with Crippen LogP contribution in [0.5, 0.6) is 0 Å². The van der Waals surface area contributed by atoms with Crippen molar-refractivity contribution in [2.24, 2.45) is 0 Å². The minimum absolute atomic E-state index is 0.188. The number of amides is 3. The number of methoxy groups -OCH3 is 1. The Balaban J connectivity index is 1.82. The van der Waals surface area contributed by atoms with Gasteiger partial charge in [-0.25, -0.2) is 19.3 Å². The van der Waals surface area contributed by atoms with Crippen molar-refractivity contribution >= 4 is 51.3 Å². The lowest BCUT2D eigenvalue weighted by molar-refractivity contribution is 0.0832. The van der Waals surface area contributed by atoms with Gasteiger partial charge in [-0.15, -0.1) is 0 Å². The van der Waals surface area contributed by atoms with Gasteiger partial charge >= 0.3 is 6.03 Å². The lowest BCUT2D eigenvalue weighted by Crippen LogP contribution is -2.22. The molecule has 0 saturated carbocycles. The molecule has 0 fully saturated rings. The van der Waals surface area contributed by atoms with Gasteiger partial charge in [-0.2, -0.15) is 5.10 Å². The second kappa shape index (κ2) is 8.09. The summed E-state index contributed by atoms with van der Waals surface area (Å²) >= 11 is 7.05. The standard InChI is InChI=1S/C16H18ClN7O3S/c1-8(27-4)13-9(6-18-12-5-11(17)22-24(12)13)20-15(26)21-16-19-7-10(28-16)14(25)23(2)3/h5-8H,1-4H3,(H2,19,20,21,26)/t8-/m0/s1. The largest absolute Gasteiger partial charge is 0.375 e. The van der Waals surface area contributed by atoms with Crippen LogP contribution < -0.4 is 10.6 Å². The maximum atomic E-state index is 12.4. The summed E-state index contributed by atoms with van der Waals surface area (Å²) in [6.45, 7) is 1.81. The van der Waals surface area contributed by atoms with E-state index in [-0.39, 0.29) is 17.2 Å². The Morgan fingerprint density at radius 3 is 2.71 bits per heavy atom. The van der Waals surface area contributed by atoms with Crippen LogP contribution in [0, 0.1) is 0 Å². The monoisotopic (exact) mass is 423 g/mol. The molecule has 0 aliphatic heterocycles. The number of nitrogens with one attached hydrogen (secondary N) is 2. The molecule has 3 rings (SSSR count). The number of rotatable bonds is 5. The molecule has 10 nitrogen and oxygen atoms in total. The molecule has 0 saturated heterocycles. The van der Waals surface area contributed by atoms with Gasteiger partial charge in [-0.3, -0.25) is 10.1 Å². The van der Waals surface area contributed by atoms with Crippen LogP contribution in [0.25, 0.3) is 5.65 Å². The second-order valence-electron chi connectivity index (χ2n) is 5.98. The minimum atomic E-state index is -0.540. The molecule has 148 valence electrons.